The summed E-state index contributed by atoms with van der Waals surface area (Å²) in [7, 11) is 1.43. The molecule has 18 heavy (non-hydrogen) atoms. The van der Waals surface area contributed by atoms with E-state index >= 15 is 0 Å². The first-order valence-electron chi connectivity index (χ1n) is 5.96. The number of carboxylic acid groups (broad SMARTS) is 1. The molecule has 0 unspecified atom stereocenters. The highest BCUT2D eigenvalue weighted by atomic mass is 16.6. The Bertz CT molecular complexity index is 336. The number of aliphatic carboxylic acids is 1. The number of methoxy groups -OCH3 is 1. The van der Waals surface area contributed by atoms with Crippen molar-refractivity contribution in [3.63, 3.8) is 0 Å². The fourth-order valence-electron chi connectivity index (χ4n) is 2.13. The van der Waals surface area contributed by atoms with E-state index in [2.05, 4.69) is 0 Å². The molecule has 0 aliphatic carbocycles. The van der Waals surface area contributed by atoms with E-state index in [-0.39, 0.29) is 6.61 Å². The van der Waals surface area contributed by atoms with Crippen molar-refractivity contribution < 1.29 is 24.2 Å². The summed E-state index contributed by atoms with van der Waals surface area (Å²) in [6.07, 6.45) is 0.420. The lowest BCUT2D eigenvalue weighted by atomic mass is 9.98. The molecule has 1 fully saturated rings. The quantitative estimate of drug-likeness (QED) is 0.831. The van der Waals surface area contributed by atoms with Gasteiger partial charge in [-0.2, -0.15) is 0 Å². The monoisotopic (exact) mass is 259 g/mol. The molecule has 0 spiro atoms. The van der Waals surface area contributed by atoms with Gasteiger partial charge < -0.3 is 14.6 Å². The average molecular weight is 259 g/mol. The first-order valence-corrected chi connectivity index (χ1v) is 5.96. The molecule has 6 heteroatoms. The second-order valence-corrected chi connectivity index (χ2v) is 5.51. The highest BCUT2D eigenvalue weighted by Gasteiger charge is 2.51. The maximum Gasteiger partial charge on any atom is 0.411 e. The molecule has 1 N–H and O–H groups in total. The third kappa shape index (κ3) is 2.93. The summed E-state index contributed by atoms with van der Waals surface area (Å²) in [5, 5.41) is 9.38. The minimum absolute atomic E-state index is 0.0262. The number of carboxylic acids is 1. The molecule has 1 rings (SSSR count). The lowest BCUT2D eigenvalue weighted by molar-refractivity contribution is -0.152. The van der Waals surface area contributed by atoms with E-state index in [9.17, 15) is 14.7 Å². The lowest BCUT2D eigenvalue weighted by Gasteiger charge is -2.35. The van der Waals surface area contributed by atoms with Crippen molar-refractivity contribution in [3.05, 3.63) is 0 Å². The van der Waals surface area contributed by atoms with Gasteiger partial charge in [-0.3, -0.25) is 4.90 Å². The number of hydrogen-bond acceptors (Lipinski definition) is 4. The van der Waals surface area contributed by atoms with Crippen LogP contribution in [-0.4, -0.2) is 53.5 Å². The number of rotatable bonds is 3. The molecule has 1 aliphatic heterocycles. The van der Waals surface area contributed by atoms with Gasteiger partial charge in [-0.15, -0.1) is 0 Å². The first kappa shape index (κ1) is 14.8. The maximum atomic E-state index is 12.0. The van der Waals surface area contributed by atoms with Gasteiger partial charge in [-0.1, -0.05) is 0 Å². The van der Waals surface area contributed by atoms with Crippen molar-refractivity contribution in [1.82, 2.24) is 4.90 Å². The SMILES string of the molecule is COC[C@@]1(C(=O)O)CCCN1C(=O)OC(C)(C)C. The van der Waals surface area contributed by atoms with Gasteiger partial charge in [0.2, 0.25) is 0 Å². The van der Waals surface area contributed by atoms with E-state index in [1.54, 1.807) is 20.8 Å². The molecular weight excluding hydrogens is 238 g/mol. The lowest BCUT2D eigenvalue weighted by Crippen LogP contribution is -2.57. The third-order valence-corrected chi connectivity index (χ3v) is 2.88. The maximum absolute atomic E-state index is 12.0. The number of amides is 1. The molecule has 1 saturated heterocycles. The fraction of sp³-hybridized carbons (Fsp3) is 0.833. The van der Waals surface area contributed by atoms with Crippen molar-refractivity contribution in [2.45, 2.75) is 44.8 Å². The summed E-state index contributed by atoms with van der Waals surface area (Å²) in [6, 6.07) is 0. The predicted molar refractivity (Wildman–Crippen MR) is 64.4 cm³/mol. The second-order valence-electron chi connectivity index (χ2n) is 5.51. The molecule has 0 aromatic rings. The van der Waals surface area contributed by atoms with Gasteiger partial charge in [-0.05, 0) is 33.6 Å². The zero-order valence-corrected chi connectivity index (χ0v) is 11.4. The Labute approximate surface area is 107 Å². The molecule has 1 atom stereocenters. The Morgan fingerprint density at radius 2 is 2.00 bits per heavy atom. The normalized spacial score (nSPS) is 24.1. The molecule has 0 bridgehead atoms. The molecule has 104 valence electrons. The predicted octanol–water partition coefficient (Wildman–Crippen LogP) is 1.49. The highest BCUT2D eigenvalue weighted by molar-refractivity contribution is 5.85. The Hall–Kier alpha value is -1.30. The molecule has 1 heterocycles. The molecule has 1 aliphatic rings. The van der Waals surface area contributed by atoms with Crippen LogP contribution in [0.3, 0.4) is 0 Å². The molecule has 0 radical (unpaired) electrons. The van der Waals surface area contributed by atoms with Crippen molar-refractivity contribution >= 4 is 12.1 Å². The molecular formula is C12H21NO5. The van der Waals surface area contributed by atoms with E-state index < -0.39 is 23.2 Å². The number of carbonyl (C=O) groups is 2. The summed E-state index contributed by atoms with van der Waals surface area (Å²) in [6.45, 7) is 5.60. The van der Waals surface area contributed by atoms with E-state index in [0.29, 0.717) is 19.4 Å². The van der Waals surface area contributed by atoms with E-state index in [4.69, 9.17) is 9.47 Å². The standard InChI is InChI=1S/C12H21NO5/c1-11(2,3)18-10(16)13-7-5-6-12(13,8-17-4)9(14)15/h5-8H2,1-4H3,(H,14,15)/t12-/m1/s1. The van der Waals surface area contributed by atoms with Gasteiger partial charge in [0, 0.05) is 13.7 Å². The number of carbonyl (C=O) groups excluding carboxylic acids is 1. The third-order valence-electron chi connectivity index (χ3n) is 2.88. The Balaban J connectivity index is 2.92. The molecule has 1 amide bonds. The zero-order valence-electron chi connectivity index (χ0n) is 11.4. The van der Waals surface area contributed by atoms with Crippen LogP contribution >= 0.6 is 0 Å². The number of hydrogen-bond donors (Lipinski definition) is 1. The summed E-state index contributed by atoms with van der Waals surface area (Å²) < 4.78 is 10.2. The van der Waals surface area contributed by atoms with Crippen LogP contribution in [0.25, 0.3) is 0 Å². The molecule has 0 saturated carbocycles. The summed E-state index contributed by atoms with van der Waals surface area (Å²) in [4.78, 5) is 24.8. The number of ether oxygens (including phenoxy) is 2. The fourth-order valence-corrected chi connectivity index (χ4v) is 2.13. The highest BCUT2D eigenvalue weighted by Crippen LogP contribution is 2.31. The topological polar surface area (TPSA) is 76.1 Å². The van der Waals surface area contributed by atoms with Crippen molar-refractivity contribution in [2.24, 2.45) is 0 Å². The van der Waals surface area contributed by atoms with Crippen molar-refractivity contribution in [1.29, 1.82) is 0 Å². The van der Waals surface area contributed by atoms with Gasteiger partial charge in [0.15, 0.2) is 5.54 Å². The Kier molecular flexibility index (Phi) is 4.21. The van der Waals surface area contributed by atoms with Crippen LogP contribution in [0.2, 0.25) is 0 Å². The van der Waals surface area contributed by atoms with E-state index in [0.717, 1.165) is 0 Å². The smallest absolute Gasteiger partial charge is 0.411 e. The summed E-state index contributed by atoms with van der Waals surface area (Å²) >= 11 is 0. The van der Waals surface area contributed by atoms with Crippen LogP contribution < -0.4 is 0 Å². The Morgan fingerprint density at radius 1 is 1.39 bits per heavy atom. The second kappa shape index (κ2) is 5.14. The van der Waals surface area contributed by atoms with Gasteiger partial charge >= 0.3 is 12.1 Å². The van der Waals surface area contributed by atoms with Crippen LogP contribution in [-0.2, 0) is 14.3 Å². The zero-order chi connectivity index (χ0) is 14.0. The minimum atomic E-state index is -1.29. The van der Waals surface area contributed by atoms with Crippen LogP contribution in [0.1, 0.15) is 33.6 Å². The van der Waals surface area contributed by atoms with Gasteiger partial charge in [0.25, 0.3) is 0 Å². The van der Waals surface area contributed by atoms with Crippen LogP contribution in [0.5, 0.6) is 0 Å². The summed E-state index contributed by atoms with van der Waals surface area (Å²) in [5.74, 6) is -1.05. The molecule has 0 aromatic carbocycles. The molecule has 6 nitrogen and oxygen atoms in total. The minimum Gasteiger partial charge on any atom is -0.479 e. The summed E-state index contributed by atoms with van der Waals surface area (Å²) in [5.41, 5.74) is -1.94. The van der Waals surface area contributed by atoms with E-state index in [1.807, 2.05) is 0 Å². The van der Waals surface area contributed by atoms with E-state index in [1.165, 1.54) is 12.0 Å². The van der Waals surface area contributed by atoms with Crippen molar-refractivity contribution in [2.75, 3.05) is 20.3 Å². The Morgan fingerprint density at radius 3 is 2.44 bits per heavy atom. The average Bonchev–Trinajstić information content (AvgIpc) is 2.60. The number of likely N-dealkylation sites (tertiary alicyclic amines) is 1. The van der Waals surface area contributed by atoms with Crippen LogP contribution in [0.15, 0.2) is 0 Å². The van der Waals surface area contributed by atoms with Crippen LogP contribution in [0, 0.1) is 0 Å². The van der Waals surface area contributed by atoms with Crippen molar-refractivity contribution in [3.8, 4) is 0 Å². The number of nitrogens with zero attached hydrogens (tertiary/aromatic N) is 1. The molecule has 0 aromatic heterocycles. The van der Waals surface area contributed by atoms with Gasteiger partial charge in [0.1, 0.15) is 5.60 Å². The first-order chi connectivity index (χ1) is 8.23. The largest absolute Gasteiger partial charge is 0.479 e. The van der Waals surface area contributed by atoms with Crippen LogP contribution in [0.4, 0.5) is 4.79 Å². The van der Waals surface area contributed by atoms with Gasteiger partial charge in [-0.25, -0.2) is 9.59 Å². The van der Waals surface area contributed by atoms with Gasteiger partial charge in [0.05, 0.1) is 6.61 Å².